The fourth-order valence-electron chi connectivity index (χ4n) is 3.91. The van der Waals surface area contributed by atoms with Gasteiger partial charge in [0.2, 0.25) is 0 Å². The summed E-state index contributed by atoms with van der Waals surface area (Å²) in [7, 11) is 0. The van der Waals surface area contributed by atoms with Crippen LogP contribution >= 0.6 is 0 Å². The van der Waals surface area contributed by atoms with Crippen molar-refractivity contribution in [1.82, 2.24) is 0 Å². The van der Waals surface area contributed by atoms with Crippen molar-refractivity contribution in [1.29, 1.82) is 0 Å². The van der Waals surface area contributed by atoms with Crippen LogP contribution in [0.5, 0.6) is 0 Å². The van der Waals surface area contributed by atoms with Crippen LogP contribution in [0.3, 0.4) is 0 Å². The zero-order valence-electron chi connectivity index (χ0n) is 11.3. The number of hydrogen-bond donors (Lipinski definition) is 1. The van der Waals surface area contributed by atoms with Crippen molar-refractivity contribution >= 4 is 5.97 Å². The fourth-order valence-corrected chi connectivity index (χ4v) is 3.91. The zero-order chi connectivity index (χ0) is 13.3. The predicted molar refractivity (Wildman–Crippen MR) is 69.7 cm³/mol. The monoisotopic (exact) mass is 266 g/mol. The summed E-state index contributed by atoms with van der Waals surface area (Å²) in [5, 5.41) is 8.61. The molecule has 4 nitrogen and oxygen atoms in total. The first kappa shape index (κ1) is 13.1. The van der Waals surface area contributed by atoms with E-state index in [0.29, 0.717) is 11.8 Å². The van der Waals surface area contributed by atoms with Crippen LogP contribution in [-0.4, -0.2) is 30.1 Å². The third-order valence-corrected chi connectivity index (χ3v) is 4.70. The van der Waals surface area contributed by atoms with E-state index in [9.17, 15) is 4.79 Å². The molecule has 2 atom stereocenters. The molecule has 4 heteroatoms. The number of carboxylic acids is 1. The first-order valence-electron chi connectivity index (χ1n) is 7.34. The molecule has 0 radical (unpaired) electrons. The molecule has 2 saturated carbocycles. The van der Waals surface area contributed by atoms with Crippen LogP contribution in [0.25, 0.3) is 0 Å². The first-order chi connectivity index (χ1) is 9.17. The number of aliphatic carboxylic acids is 1. The maximum Gasteiger partial charge on any atom is 0.303 e. The van der Waals surface area contributed by atoms with Crippen molar-refractivity contribution in [2.45, 2.75) is 50.7 Å². The van der Waals surface area contributed by atoms with Crippen LogP contribution in [0.15, 0.2) is 11.6 Å². The summed E-state index contributed by atoms with van der Waals surface area (Å²) in [4.78, 5) is 10.5. The Bertz CT molecular complexity index is 364. The molecule has 0 bridgehead atoms. The van der Waals surface area contributed by atoms with Crippen LogP contribution in [0.1, 0.15) is 44.9 Å². The van der Waals surface area contributed by atoms with E-state index >= 15 is 0 Å². The lowest BCUT2D eigenvalue weighted by atomic mass is 10.0. The predicted octanol–water partition coefficient (Wildman–Crippen LogP) is 2.73. The zero-order valence-corrected chi connectivity index (χ0v) is 11.3. The summed E-state index contributed by atoms with van der Waals surface area (Å²) in [5.41, 5.74) is 1.52. The van der Waals surface area contributed by atoms with Crippen LogP contribution in [0, 0.1) is 11.8 Å². The number of hydrogen-bond acceptors (Lipinski definition) is 3. The minimum absolute atomic E-state index is 0.246. The lowest BCUT2D eigenvalue weighted by molar-refractivity contribution is -0.154. The highest BCUT2D eigenvalue weighted by Crippen LogP contribution is 2.53. The highest BCUT2D eigenvalue weighted by molar-refractivity contribution is 5.66. The summed E-state index contributed by atoms with van der Waals surface area (Å²) in [6.07, 6.45) is 8.61. The molecule has 0 aromatic rings. The molecule has 3 rings (SSSR count). The molecule has 1 heterocycles. The molecular weight excluding hydrogens is 244 g/mol. The average molecular weight is 266 g/mol. The molecule has 3 aliphatic rings. The maximum atomic E-state index is 10.5. The van der Waals surface area contributed by atoms with E-state index in [-0.39, 0.29) is 12.2 Å². The van der Waals surface area contributed by atoms with Crippen LogP contribution in [0.4, 0.5) is 0 Å². The Morgan fingerprint density at radius 3 is 2.47 bits per heavy atom. The lowest BCUT2D eigenvalue weighted by Gasteiger charge is -2.22. The van der Waals surface area contributed by atoms with E-state index in [2.05, 4.69) is 6.08 Å². The quantitative estimate of drug-likeness (QED) is 0.628. The van der Waals surface area contributed by atoms with E-state index < -0.39 is 5.97 Å². The Morgan fingerprint density at radius 1 is 1.26 bits per heavy atom. The molecule has 3 fully saturated rings. The van der Waals surface area contributed by atoms with Crippen molar-refractivity contribution in [3.63, 3.8) is 0 Å². The summed E-state index contributed by atoms with van der Waals surface area (Å²) in [5.74, 6) is 0.483. The third-order valence-electron chi connectivity index (χ3n) is 4.70. The van der Waals surface area contributed by atoms with Gasteiger partial charge in [-0.3, -0.25) is 4.79 Å². The first-order valence-corrected chi connectivity index (χ1v) is 7.34. The van der Waals surface area contributed by atoms with Crippen LogP contribution in [0.2, 0.25) is 0 Å². The highest BCUT2D eigenvalue weighted by atomic mass is 16.7. The summed E-state index contributed by atoms with van der Waals surface area (Å²) in [6, 6.07) is 0. The Balaban J connectivity index is 1.48. The number of fused-ring (bicyclic) bond motifs is 1. The van der Waals surface area contributed by atoms with Crippen molar-refractivity contribution in [3.05, 3.63) is 11.6 Å². The van der Waals surface area contributed by atoms with E-state index in [1.807, 2.05) is 0 Å². The summed E-state index contributed by atoms with van der Waals surface area (Å²) < 4.78 is 11.6. The number of allylic oxidation sites excluding steroid dienone is 2. The highest BCUT2D eigenvalue weighted by Gasteiger charge is 2.51. The SMILES string of the molecule is O=C(O)CCCC=C1C[C@@H]2CC3(C[C@@H]2C1)OCCO3. The number of carbonyl (C=O) groups is 1. The Kier molecular flexibility index (Phi) is 3.63. The van der Waals surface area contributed by atoms with Crippen molar-refractivity contribution < 1.29 is 19.4 Å². The molecule has 1 aliphatic heterocycles. The van der Waals surface area contributed by atoms with E-state index in [1.54, 1.807) is 0 Å². The van der Waals surface area contributed by atoms with E-state index in [4.69, 9.17) is 14.6 Å². The Hall–Kier alpha value is -0.870. The summed E-state index contributed by atoms with van der Waals surface area (Å²) >= 11 is 0. The second-order valence-corrected chi connectivity index (χ2v) is 6.09. The molecule has 19 heavy (non-hydrogen) atoms. The second kappa shape index (κ2) is 5.25. The smallest absolute Gasteiger partial charge is 0.303 e. The van der Waals surface area contributed by atoms with Gasteiger partial charge in [0.05, 0.1) is 13.2 Å². The van der Waals surface area contributed by atoms with Crippen LogP contribution < -0.4 is 0 Å². The average Bonchev–Trinajstić information content (AvgIpc) is 3.01. The number of rotatable bonds is 4. The largest absolute Gasteiger partial charge is 0.481 e. The molecular formula is C15H22O4. The maximum absolute atomic E-state index is 10.5. The van der Waals surface area contributed by atoms with Gasteiger partial charge in [-0.05, 0) is 37.5 Å². The normalized spacial score (nSPS) is 34.2. The van der Waals surface area contributed by atoms with Gasteiger partial charge in [0, 0.05) is 19.3 Å². The van der Waals surface area contributed by atoms with Gasteiger partial charge in [0.15, 0.2) is 5.79 Å². The second-order valence-electron chi connectivity index (χ2n) is 6.09. The van der Waals surface area contributed by atoms with Gasteiger partial charge >= 0.3 is 5.97 Å². The van der Waals surface area contributed by atoms with Gasteiger partial charge in [-0.2, -0.15) is 0 Å². The van der Waals surface area contributed by atoms with E-state index in [0.717, 1.165) is 51.7 Å². The third kappa shape index (κ3) is 2.84. The van der Waals surface area contributed by atoms with Gasteiger partial charge in [0.1, 0.15) is 0 Å². The van der Waals surface area contributed by atoms with Gasteiger partial charge in [-0.15, -0.1) is 0 Å². The Morgan fingerprint density at radius 2 is 1.89 bits per heavy atom. The van der Waals surface area contributed by atoms with Crippen molar-refractivity contribution in [2.24, 2.45) is 11.8 Å². The molecule has 1 spiro atoms. The fraction of sp³-hybridized carbons (Fsp3) is 0.800. The van der Waals surface area contributed by atoms with Gasteiger partial charge in [-0.1, -0.05) is 11.6 Å². The van der Waals surface area contributed by atoms with Gasteiger partial charge in [0.25, 0.3) is 0 Å². The van der Waals surface area contributed by atoms with Gasteiger partial charge in [-0.25, -0.2) is 0 Å². The minimum Gasteiger partial charge on any atom is -0.481 e. The minimum atomic E-state index is -0.695. The number of ether oxygens (including phenoxy) is 2. The molecule has 1 N–H and O–H groups in total. The molecule has 1 saturated heterocycles. The number of unbranched alkanes of at least 4 members (excludes halogenated alkanes) is 1. The Labute approximate surface area is 113 Å². The lowest BCUT2D eigenvalue weighted by Crippen LogP contribution is -2.26. The van der Waals surface area contributed by atoms with Crippen LogP contribution in [-0.2, 0) is 14.3 Å². The van der Waals surface area contributed by atoms with E-state index in [1.165, 1.54) is 5.57 Å². The molecule has 106 valence electrons. The topological polar surface area (TPSA) is 55.8 Å². The van der Waals surface area contributed by atoms with Gasteiger partial charge < -0.3 is 14.6 Å². The molecule has 0 aromatic heterocycles. The molecule has 0 aromatic carbocycles. The summed E-state index contributed by atoms with van der Waals surface area (Å²) in [6.45, 7) is 1.49. The molecule has 0 amide bonds. The number of carboxylic acid groups (broad SMARTS) is 1. The van der Waals surface area contributed by atoms with Crippen molar-refractivity contribution in [2.75, 3.05) is 13.2 Å². The molecule has 0 unspecified atom stereocenters. The molecule has 2 aliphatic carbocycles. The standard InChI is InChI=1S/C15H22O4/c16-14(17)4-2-1-3-11-7-12-9-15(10-13(12)8-11)18-5-6-19-15/h3,12-13H,1-2,4-10H2,(H,16,17)/t12-,13+. The van der Waals surface area contributed by atoms with Crippen molar-refractivity contribution in [3.8, 4) is 0 Å².